The number of amides is 1. The van der Waals surface area contributed by atoms with E-state index in [1.807, 2.05) is 37.3 Å². The molecule has 0 aliphatic carbocycles. The predicted octanol–water partition coefficient (Wildman–Crippen LogP) is 3.97. The molecule has 2 nitrogen and oxygen atoms in total. The van der Waals surface area contributed by atoms with Crippen molar-refractivity contribution in [3.05, 3.63) is 70.5 Å². The lowest BCUT2D eigenvalue weighted by molar-refractivity contribution is 0.0939. The molecule has 0 fully saturated rings. The monoisotopic (exact) mass is 277 g/mol. The van der Waals surface area contributed by atoms with E-state index in [1.54, 1.807) is 0 Å². The number of hydrogen-bond donors (Lipinski definition) is 1. The molecule has 0 aromatic heterocycles. The Morgan fingerprint density at radius 1 is 1.21 bits per heavy atom. The van der Waals surface area contributed by atoms with Crippen molar-refractivity contribution in [2.75, 3.05) is 0 Å². The molecule has 2 aromatic carbocycles. The zero-order chi connectivity index (χ0) is 13.8. The van der Waals surface area contributed by atoms with Crippen LogP contribution in [0.4, 0.5) is 4.39 Å². The lowest BCUT2D eigenvalue weighted by Crippen LogP contribution is -2.26. The van der Waals surface area contributed by atoms with E-state index >= 15 is 0 Å². The van der Waals surface area contributed by atoms with Crippen LogP contribution in [-0.4, -0.2) is 5.91 Å². The number of carbonyl (C=O) groups is 1. The molecule has 0 saturated carbocycles. The molecule has 2 aromatic rings. The fraction of sp³-hybridized carbons (Fsp3) is 0.133. The first-order valence-corrected chi connectivity index (χ1v) is 6.26. The molecule has 0 unspecified atom stereocenters. The van der Waals surface area contributed by atoms with E-state index in [2.05, 4.69) is 5.32 Å². The molecule has 2 rings (SSSR count). The van der Waals surface area contributed by atoms with E-state index in [0.29, 0.717) is 0 Å². The summed E-state index contributed by atoms with van der Waals surface area (Å²) in [7, 11) is 0. The number of halogens is 2. The highest BCUT2D eigenvalue weighted by Gasteiger charge is 2.14. The summed E-state index contributed by atoms with van der Waals surface area (Å²) in [5.41, 5.74) is 1.12. The molecule has 1 N–H and O–H groups in total. The third-order valence-corrected chi connectivity index (χ3v) is 3.15. The van der Waals surface area contributed by atoms with E-state index in [4.69, 9.17) is 11.6 Å². The van der Waals surface area contributed by atoms with Gasteiger partial charge in [0.05, 0.1) is 16.6 Å². The number of nitrogens with one attached hydrogen (secondary N) is 1. The fourth-order valence-corrected chi connectivity index (χ4v) is 1.97. The van der Waals surface area contributed by atoms with Crippen molar-refractivity contribution in [3.8, 4) is 0 Å². The van der Waals surface area contributed by atoms with Gasteiger partial charge in [-0.3, -0.25) is 4.79 Å². The number of hydrogen-bond acceptors (Lipinski definition) is 1. The second kappa shape index (κ2) is 5.85. The second-order valence-electron chi connectivity index (χ2n) is 4.23. The maximum Gasteiger partial charge on any atom is 0.253 e. The van der Waals surface area contributed by atoms with Crippen LogP contribution >= 0.6 is 11.6 Å². The zero-order valence-corrected chi connectivity index (χ0v) is 11.1. The Labute approximate surface area is 116 Å². The number of carbonyl (C=O) groups excluding carboxylic acids is 1. The van der Waals surface area contributed by atoms with Gasteiger partial charge in [-0.05, 0) is 30.7 Å². The van der Waals surface area contributed by atoms with Crippen LogP contribution in [-0.2, 0) is 0 Å². The highest BCUT2D eigenvalue weighted by atomic mass is 35.5. The van der Waals surface area contributed by atoms with Gasteiger partial charge < -0.3 is 5.32 Å². The van der Waals surface area contributed by atoms with Crippen LogP contribution < -0.4 is 5.32 Å². The van der Waals surface area contributed by atoms with Gasteiger partial charge in [0.2, 0.25) is 0 Å². The van der Waals surface area contributed by atoms with Gasteiger partial charge in [-0.2, -0.15) is 0 Å². The van der Waals surface area contributed by atoms with E-state index in [1.165, 1.54) is 12.1 Å². The van der Waals surface area contributed by atoms with Gasteiger partial charge in [0.15, 0.2) is 0 Å². The summed E-state index contributed by atoms with van der Waals surface area (Å²) in [6.45, 7) is 1.86. The first-order chi connectivity index (χ1) is 9.08. The standard InChI is InChI=1S/C15H13ClFNO/c1-10(11-5-3-2-4-6-11)18-15(19)13-9-12(17)7-8-14(13)16/h2-10H,1H3,(H,18,19)/t10-/m0/s1. The molecule has 1 amide bonds. The summed E-state index contributed by atoms with van der Waals surface area (Å²) in [4.78, 5) is 12.0. The van der Waals surface area contributed by atoms with Gasteiger partial charge in [0, 0.05) is 0 Å². The first kappa shape index (κ1) is 13.6. The van der Waals surface area contributed by atoms with Crippen molar-refractivity contribution in [1.29, 1.82) is 0 Å². The van der Waals surface area contributed by atoms with Crippen LogP contribution in [0.15, 0.2) is 48.5 Å². The molecule has 0 spiro atoms. The Bertz CT molecular complexity index is 586. The molecule has 0 aliphatic heterocycles. The zero-order valence-electron chi connectivity index (χ0n) is 10.4. The van der Waals surface area contributed by atoms with E-state index < -0.39 is 5.82 Å². The summed E-state index contributed by atoms with van der Waals surface area (Å²) < 4.78 is 13.1. The van der Waals surface area contributed by atoms with Gasteiger partial charge >= 0.3 is 0 Å². The Morgan fingerprint density at radius 2 is 1.89 bits per heavy atom. The van der Waals surface area contributed by atoms with Crippen LogP contribution in [0.5, 0.6) is 0 Å². The molecule has 0 heterocycles. The minimum atomic E-state index is -0.484. The van der Waals surface area contributed by atoms with Crippen molar-refractivity contribution in [3.63, 3.8) is 0 Å². The predicted molar refractivity (Wildman–Crippen MR) is 73.7 cm³/mol. The molecule has 0 radical (unpaired) electrons. The summed E-state index contributed by atoms with van der Waals surface area (Å²) in [5.74, 6) is -0.872. The number of rotatable bonds is 3. The van der Waals surface area contributed by atoms with Crippen molar-refractivity contribution in [2.45, 2.75) is 13.0 Å². The lowest BCUT2D eigenvalue weighted by atomic mass is 10.1. The molecule has 0 bridgehead atoms. The summed E-state index contributed by atoms with van der Waals surface area (Å²) >= 11 is 5.89. The van der Waals surface area contributed by atoms with Crippen molar-refractivity contribution < 1.29 is 9.18 Å². The quantitative estimate of drug-likeness (QED) is 0.904. The summed E-state index contributed by atoms with van der Waals surface area (Å²) in [6, 6.07) is 13.1. The van der Waals surface area contributed by atoms with Crippen LogP contribution in [0.3, 0.4) is 0 Å². The molecular weight excluding hydrogens is 265 g/mol. The van der Waals surface area contributed by atoms with E-state index in [9.17, 15) is 9.18 Å². The van der Waals surface area contributed by atoms with Gasteiger partial charge in [-0.15, -0.1) is 0 Å². The van der Waals surface area contributed by atoms with E-state index in [-0.39, 0.29) is 22.5 Å². The Morgan fingerprint density at radius 3 is 2.58 bits per heavy atom. The Balaban J connectivity index is 2.15. The number of benzene rings is 2. The van der Waals surface area contributed by atoms with E-state index in [0.717, 1.165) is 11.6 Å². The highest BCUT2D eigenvalue weighted by Crippen LogP contribution is 2.19. The first-order valence-electron chi connectivity index (χ1n) is 5.89. The van der Waals surface area contributed by atoms with Crippen molar-refractivity contribution >= 4 is 17.5 Å². The minimum Gasteiger partial charge on any atom is -0.345 e. The van der Waals surface area contributed by atoms with Gasteiger partial charge in [0.25, 0.3) is 5.91 Å². The fourth-order valence-electron chi connectivity index (χ4n) is 1.77. The summed E-state index contributed by atoms with van der Waals surface area (Å²) in [5, 5.41) is 3.03. The lowest BCUT2D eigenvalue weighted by Gasteiger charge is -2.14. The van der Waals surface area contributed by atoms with Crippen molar-refractivity contribution in [1.82, 2.24) is 5.32 Å². The molecular formula is C15H13ClFNO. The molecule has 19 heavy (non-hydrogen) atoms. The molecule has 1 atom stereocenters. The van der Waals surface area contributed by atoms with Crippen LogP contribution in [0, 0.1) is 5.82 Å². The molecule has 4 heteroatoms. The maximum atomic E-state index is 13.1. The van der Waals surface area contributed by atoms with Crippen LogP contribution in [0.2, 0.25) is 5.02 Å². The largest absolute Gasteiger partial charge is 0.345 e. The smallest absolute Gasteiger partial charge is 0.253 e. The maximum absolute atomic E-state index is 13.1. The highest BCUT2D eigenvalue weighted by molar-refractivity contribution is 6.33. The van der Waals surface area contributed by atoms with Crippen molar-refractivity contribution in [2.24, 2.45) is 0 Å². The third kappa shape index (κ3) is 3.32. The average molecular weight is 278 g/mol. The van der Waals surface area contributed by atoms with Gasteiger partial charge in [-0.1, -0.05) is 41.9 Å². The summed E-state index contributed by atoms with van der Waals surface area (Å²) in [6.07, 6.45) is 0. The minimum absolute atomic E-state index is 0.143. The third-order valence-electron chi connectivity index (χ3n) is 2.82. The molecule has 98 valence electrons. The SMILES string of the molecule is C[C@H](NC(=O)c1cc(F)ccc1Cl)c1ccccc1. The normalized spacial score (nSPS) is 11.9. The Hall–Kier alpha value is -1.87. The van der Waals surface area contributed by atoms with Gasteiger partial charge in [0.1, 0.15) is 5.82 Å². The average Bonchev–Trinajstić information content (AvgIpc) is 2.42. The Kier molecular flexibility index (Phi) is 4.17. The molecule has 0 saturated heterocycles. The van der Waals surface area contributed by atoms with Gasteiger partial charge in [-0.25, -0.2) is 4.39 Å². The second-order valence-corrected chi connectivity index (χ2v) is 4.64. The van der Waals surface area contributed by atoms with Crippen LogP contribution in [0.25, 0.3) is 0 Å². The van der Waals surface area contributed by atoms with Crippen LogP contribution in [0.1, 0.15) is 28.9 Å². The molecule has 0 aliphatic rings. The topological polar surface area (TPSA) is 29.1 Å².